The lowest BCUT2D eigenvalue weighted by Crippen LogP contribution is -2.56. The number of aliphatic hydroxyl groups excluding tert-OH is 4. The zero-order valence-electron chi connectivity index (χ0n) is 17.1. The van der Waals surface area contributed by atoms with E-state index in [1.165, 1.54) is 0 Å². The largest absolute Gasteiger partial charge is 0.394 e. The summed E-state index contributed by atoms with van der Waals surface area (Å²) in [6, 6.07) is 15.0. The van der Waals surface area contributed by atoms with Crippen molar-refractivity contribution in [2.75, 3.05) is 6.61 Å². The van der Waals surface area contributed by atoms with Crippen molar-refractivity contribution in [3.05, 3.63) is 58.6 Å². The zero-order chi connectivity index (χ0) is 23.0. The van der Waals surface area contributed by atoms with Crippen molar-refractivity contribution in [3.8, 4) is 0 Å². The van der Waals surface area contributed by atoms with Gasteiger partial charge in [0.25, 0.3) is 0 Å². The first-order valence-electron chi connectivity index (χ1n) is 10.5. The van der Waals surface area contributed by atoms with Crippen LogP contribution in [0.5, 0.6) is 0 Å². The van der Waals surface area contributed by atoms with Gasteiger partial charge in [-0.2, -0.15) is 0 Å². The lowest BCUT2D eigenvalue weighted by molar-refractivity contribution is -0.249. The first-order valence-corrected chi connectivity index (χ1v) is 11.3. The van der Waals surface area contributed by atoms with Gasteiger partial charge in [-0.1, -0.05) is 41.4 Å². The van der Waals surface area contributed by atoms with E-state index in [1.54, 1.807) is 10.6 Å². The highest BCUT2D eigenvalue weighted by molar-refractivity contribution is 6.33. The fourth-order valence-electron chi connectivity index (χ4n) is 5.01. The number of aliphatic hydroxyl groups is 4. The van der Waals surface area contributed by atoms with Gasteiger partial charge in [-0.15, -0.1) is 0 Å². The number of nitrogens with one attached hydrogen (secondary N) is 1. The maximum absolute atomic E-state index is 10.9. The van der Waals surface area contributed by atoms with Crippen molar-refractivity contribution in [2.24, 2.45) is 0 Å². The summed E-state index contributed by atoms with van der Waals surface area (Å²) in [5, 5.41) is 46.2. The predicted octanol–water partition coefficient (Wildman–Crippen LogP) is 3.71. The van der Waals surface area contributed by atoms with E-state index < -0.39 is 37.3 Å². The summed E-state index contributed by atoms with van der Waals surface area (Å²) in [4.78, 5) is 3.44. The van der Waals surface area contributed by atoms with Crippen LogP contribution in [0.25, 0.3) is 43.6 Å². The standard InChI is InChI=1S/C24H20Cl2N2O5/c25-10-2-6-17-15(7-10)14-5-4-13-12-3-1-11(26)8-16(12)27-19(13)20(14)28(17)24-23(32)22(31)21(30)18(9-29)33-24/h1-8,18,21-24,27,29-32H,9H2/t18-,21-,22+,23-,24-/m1/s1. The molecule has 6 rings (SSSR count). The molecule has 3 heterocycles. The molecule has 5 N–H and O–H groups in total. The lowest BCUT2D eigenvalue weighted by atomic mass is 9.98. The lowest BCUT2D eigenvalue weighted by Gasteiger charge is -2.41. The first kappa shape index (κ1) is 21.2. The average Bonchev–Trinajstić information content (AvgIpc) is 3.32. The van der Waals surface area contributed by atoms with Gasteiger partial charge in [-0.05, 0) is 30.3 Å². The van der Waals surface area contributed by atoms with Crippen molar-refractivity contribution in [3.63, 3.8) is 0 Å². The summed E-state index contributed by atoms with van der Waals surface area (Å²) in [6.45, 7) is -0.509. The van der Waals surface area contributed by atoms with Crippen LogP contribution in [0.4, 0.5) is 0 Å². The first-order chi connectivity index (χ1) is 15.9. The molecule has 1 saturated heterocycles. The molecule has 0 saturated carbocycles. The second-order valence-corrected chi connectivity index (χ2v) is 9.32. The van der Waals surface area contributed by atoms with Crippen LogP contribution in [0.1, 0.15) is 6.23 Å². The molecule has 0 amide bonds. The van der Waals surface area contributed by atoms with Gasteiger partial charge in [0.1, 0.15) is 24.4 Å². The highest BCUT2D eigenvalue weighted by Crippen LogP contribution is 2.42. The molecule has 9 heteroatoms. The van der Waals surface area contributed by atoms with Crippen LogP contribution in [0.2, 0.25) is 10.0 Å². The predicted molar refractivity (Wildman–Crippen MR) is 128 cm³/mol. The highest BCUT2D eigenvalue weighted by Gasteiger charge is 2.45. The second-order valence-electron chi connectivity index (χ2n) is 8.45. The van der Waals surface area contributed by atoms with Gasteiger partial charge >= 0.3 is 0 Å². The molecule has 170 valence electrons. The smallest absolute Gasteiger partial charge is 0.163 e. The molecule has 0 spiro atoms. The molecule has 1 aliphatic heterocycles. The highest BCUT2D eigenvalue weighted by atomic mass is 35.5. The van der Waals surface area contributed by atoms with Crippen molar-refractivity contribution in [1.29, 1.82) is 0 Å². The molecule has 5 atom stereocenters. The van der Waals surface area contributed by atoms with Crippen molar-refractivity contribution < 1.29 is 25.2 Å². The number of aromatic amines is 1. The molecule has 5 aromatic rings. The van der Waals surface area contributed by atoms with E-state index in [0.717, 1.165) is 43.6 Å². The number of halogens is 2. The van der Waals surface area contributed by atoms with Crippen LogP contribution >= 0.6 is 23.2 Å². The molecule has 33 heavy (non-hydrogen) atoms. The Balaban J connectivity index is 1.73. The normalized spacial score (nSPS) is 26.2. The van der Waals surface area contributed by atoms with Crippen molar-refractivity contribution >= 4 is 66.8 Å². The molecule has 0 radical (unpaired) electrons. The van der Waals surface area contributed by atoms with Gasteiger partial charge in [-0.3, -0.25) is 0 Å². The maximum Gasteiger partial charge on any atom is 0.163 e. The molecule has 3 aromatic carbocycles. The molecule has 1 aliphatic rings. The fraction of sp³-hybridized carbons (Fsp3) is 0.250. The maximum atomic E-state index is 10.9. The molecule has 7 nitrogen and oxygen atoms in total. The Hall–Kier alpha value is -2.36. The third-order valence-electron chi connectivity index (χ3n) is 6.58. The van der Waals surface area contributed by atoms with E-state index in [0.29, 0.717) is 10.0 Å². The molecular formula is C24H20Cl2N2O5. The number of rotatable bonds is 2. The quantitative estimate of drug-likeness (QED) is 0.261. The molecule has 0 unspecified atom stereocenters. The summed E-state index contributed by atoms with van der Waals surface area (Å²) in [6.07, 6.45) is -6.48. The van der Waals surface area contributed by atoms with E-state index in [9.17, 15) is 20.4 Å². The SMILES string of the molecule is OC[C@H]1O[C@@H](n2c3ccc(Cl)cc3c3ccc4c5ccc(Cl)cc5[nH]c4c32)[C@H](O)[C@@H](O)[C@@H]1O. The summed E-state index contributed by atoms with van der Waals surface area (Å²) < 4.78 is 7.74. The Kier molecular flexibility index (Phi) is 4.87. The second kappa shape index (κ2) is 7.58. The average molecular weight is 487 g/mol. The Morgan fingerprint density at radius 2 is 1.52 bits per heavy atom. The monoisotopic (exact) mass is 486 g/mol. The Morgan fingerprint density at radius 3 is 2.30 bits per heavy atom. The van der Waals surface area contributed by atoms with Crippen molar-refractivity contribution in [1.82, 2.24) is 9.55 Å². The third-order valence-corrected chi connectivity index (χ3v) is 7.05. The molecular weight excluding hydrogens is 467 g/mol. The van der Waals surface area contributed by atoms with Gasteiger partial charge in [0.2, 0.25) is 0 Å². The number of hydrogen-bond donors (Lipinski definition) is 5. The minimum atomic E-state index is -1.50. The molecule has 0 bridgehead atoms. The summed E-state index contributed by atoms with van der Waals surface area (Å²) in [5.41, 5.74) is 3.12. The van der Waals surface area contributed by atoms with Gasteiger partial charge in [0, 0.05) is 37.1 Å². The minimum absolute atomic E-state index is 0.509. The number of aromatic nitrogens is 2. The Morgan fingerprint density at radius 1 is 0.818 bits per heavy atom. The van der Waals surface area contributed by atoms with Crippen LogP contribution in [0.3, 0.4) is 0 Å². The number of hydrogen-bond acceptors (Lipinski definition) is 5. The molecule has 1 fully saturated rings. The van der Waals surface area contributed by atoms with Gasteiger partial charge in [0.15, 0.2) is 6.23 Å². The van der Waals surface area contributed by atoms with E-state index in [-0.39, 0.29) is 0 Å². The number of benzene rings is 3. The van der Waals surface area contributed by atoms with E-state index >= 15 is 0 Å². The van der Waals surface area contributed by atoms with Gasteiger partial charge in [0.05, 0.1) is 23.2 Å². The van der Waals surface area contributed by atoms with Gasteiger partial charge < -0.3 is 34.7 Å². The fourth-order valence-corrected chi connectivity index (χ4v) is 5.36. The molecule has 0 aliphatic carbocycles. The number of H-pyrrole nitrogens is 1. The number of ether oxygens (including phenoxy) is 1. The number of fused-ring (bicyclic) bond motifs is 7. The summed E-state index contributed by atoms with van der Waals surface area (Å²) in [7, 11) is 0. The van der Waals surface area contributed by atoms with Crippen LogP contribution in [0.15, 0.2) is 48.5 Å². The Bertz CT molecular complexity index is 1540. The summed E-state index contributed by atoms with van der Waals surface area (Å²) >= 11 is 12.5. The van der Waals surface area contributed by atoms with E-state index in [4.69, 9.17) is 27.9 Å². The van der Waals surface area contributed by atoms with Gasteiger partial charge in [-0.25, -0.2) is 0 Å². The zero-order valence-corrected chi connectivity index (χ0v) is 18.6. The minimum Gasteiger partial charge on any atom is -0.394 e. The van der Waals surface area contributed by atoms with Crippen molar-refractivity contribution in [2.45, 2.75) is 30.6 Å². The molecule has 2 aromatic heterocycles. The topological polar surface area (TPSA) is 111 Å². The van der Waals surface area contributed by atoms with Crippen LogP contribution in [-0.4, -0.2) is 61.0 Å². The van der Waals surface area contributed by atoms with E-state index in [2.05, 4.69) is 4.98 Å². The summed E-state index contributed by atoms with van der Waals surface area (Å²) in [5.74, 6) is 0. The van der Waals surface area contributed by atoms with Crippen LogP contribution < -0.4 is 0 Å². The van der Waals surface area contributed by atoms with E-state index in [1.807, 2.05) is 42.5 Å². The van der Waals surface area contributed by atoms with Crippen LogP contribution in [0, 0.1) is 0 Å². The Labute approximate surface area is 197 Å². The third kappa shape index (κ3) is 3.02. The van der Waals surface area contributed by atoms with Crippen LogP contribution in [-0.2, 0) is 4.74 Å². The number of nitrogens with zero attached hydrogens (tertiary/aromatic N) is 1.